The van der Waals surface area contributed by atoms with Gasteiger partial charge in [0.15, 0.2) is 0 Å². The third-order valence-electron chi connectivity index (χ3n) is 4.33. The Morgan fingerprint density at radius 2 is 2.05 bits per heavy atom. The molecule has 4 heteroatoms. The van der Waals surface area contributed by atoms with E-state index in [0.29, 0.717) is 6.04 Å². The van der Waals surface area contributed by atoms with Crippen LogP contribution >= 0.6 is 0 Å². The molecule has 1 aliphatic rings. The Balaban J connectivity index is 1.83. The van der Waals surface area contributed by atoms with Crippen molar-refractivity contribution in [3.05, 3.63) is 17.5 Å². The van der Waals surface area contributed by atoms with Crippen LogP contribution in [0.2, 0.25) is 0 Å². The standard InChI is InChI=1S/C16H30N4/c1-5-17-10-15-6-8-19(9-7-15)11-16-12-20(13(2)3)18-14(16)4/h12-13,15,17H,5-11H2,1-4H3. The van der Waals surface area contributed by atoms with Crippen molar-refractivity contribution < 1.29 is 0 Å². The van der Waals surface area contributed by atoms with Crippen LogP contribution in [0.3, 0.4) is 0 Å². The molecular formula is C16H30N4. The van der Waals surface area contributed by atoms with E-state index < -0.39 is 0 Å². The molecule has 0 saturated carbocycles. The van der Waals surface area contributed by atoms with Crippen LogP contribution in [0.5, 0.6) is 0 Å². The topological polar surface area (TPSA) is 33.1 Å². The lowest BCUT2D eigenvalue weighted by atomic mass is 9.96. The highest BCUT2D eigenvalue weighted by Crippen LogP contribution is 2.20. The number of aryl methyl sites for hydroxylation is 1. The molecule has 0 atom stereocenters. The fourth-order valence-corrected chi connectivity index (χ4v) is 2.88. The van der Waals surface area contributed by atoms with Crippen molar-refractivity contribution in [1.29, 1.82) is 0 Å². The van der Waals surface area contributed by atoms with Crippen LogP contribution in [0, 0.1) is 12.8 Å². The predicted octanol–water partition coefficient (Wildman–Crippen LogP) is 2.59. The number of piperidine rings is 1. The summed E-state index contributed by atoms with van der Waals surface area (Å²) < 4.78 is 2.09. The lowest BCUT2D eigenvalue weighted by Crippen LogP contribution is -2.36. The summed E-state index contributed by atoms with van der Waals surface area (Å²) in [4.78, 5) is 2.58. The Morgan fingerprint density at radius 3 is 2.60 bits per heavy atom. The monoisotopic (exact) mass is 278 g/mol. The summed E-state index contributed by atoms with van der Waals surface area (Å²) in [7, 11) is 0. The van der Waals surface area contributed by atoms with Crippen LogP contribution in [-0.4, -0.2) is 40.9 Å². The quantitative estimate of drug-likeness (QED) is 0.868. The maximum Gasteiger partial charge on any atom is 0.0638 e. The maximum absolute atomic E-state index is 4.61. The highest BCUT2D eigenvalue weighted by atomic mass is 15.3. The van der Waals surface area contributed by atoms with Crippen LogP contribution in [0.4, 0.5) is 0 Å². The van der Waals surface area contributed by atoms with E-state index in [1.54, 1.807) is 0 Å². The first-order chi connectivity index (χ1) is 9.60. The number of aromatic nitrogens is 2. The molecule has 0 bridgehead atoms. The van der Waals surface area contributed by atoms with Gasteiger partial charge in [-0.05, 0) is 65.7 Å². The van der Waals surface area contributed by atoms with Crippen molar-refractivity contribution >= 4 is 0 Å². The zero-order valence-corrected chi connectivity index (χ0v) is 13.5. The number of hydrogen-bond acceptors (Lipinski definition) is 3. The van der Waals surface area contributed by atoms with Gasteiger partial charge in [0.05, 0.1) is 5.69 Å². The van der Waals surface area contributed by atoms with E-state index in [0.717, 1.165) is 19.0 Å². The summed E-state index contributed by atoms with van der Waals surface area (Å²) in [6, 6.07) is 0.452. The molecule has 0 unspecified atom stereocenters. The van der Waals surface area contributed by atoms with Gasteiger partial charge in [-0.25, -0.2) is 0 Å². The van der Waals surface area contributed by atoms with Crippen molar-refractivity contribution in [2.45, 2.75) is 53.1 Å². The SMILES string of the molecule is CCNCC1CCN(Cc2cn(C(C)C)nc2C)CC1. The van der Waals surface area contributed by atoms with Gasteiger partial charge in [-0.15, -0.1) is 0 Å². The molecule has 1 aliphatic heterocycles. The van der Waals surface area contributed by atoms with Crippen LogP contribution in [0.15, 0.2) is 6.20 Å². The summed E-state index contributed by atoms with van der Waals surface area (Å²) >= 11 is 0. The molecule has 0 radical (unpaired) electrons. The molecule has 1 aromatic rings. The lowest BCUT2D eigenvalue weighted by Gasteiger charge is -2.31. The van der Waals surface area contributed by atoms with Crippen LogP contribution in [-0.2, 0) is 6.54 Å². The van der Waals surface area contributed by atoms with Crippen molar-refractivity contribution in [1.82, 2.24) is 20.0 Å². The van der Waals surface area contributed by atoms with E-state index >= 15 is 0 Å². The highest BCUT2D eigenvalue weighted by Gasteiger charge is 2.20. The van der Waals surface area contributed by atoms with Gasteiger partial charge in [-0.1, -0.05) is 6.92 Å². The van der Waals surface area contributed by atoms with Gasteiger partial charge in [0, 0.05) is 24.3 Å². The minimum atomic E-state index is 0.452. The minimum Gasteiger partial charge on any atom is -0.317 e. The fraction of sp³-hybridized carbons (Fsp3) is 0.812. The third kappa shape index (κ3) is 4.06. The van der Waals surface area contributed by atoms with Crippen LogP contribution < -0.4 is 5.32 Å². The molecule has 0 aromatic carbocycles. The predicted molar refractivity (Wildman–Crippen MR) is 83.9 cm³/mol. The molecule has 1 aromatic heterocycles. The molecule has 4 nitrogen and oxygen atoms in total. The smallest absolute Gasteiger partial charge is 0.0638 e. The molecule has 1 saturated heterocycles. The van der Waals surface area contributed by atoms with E-state index in [4.69, 9.17) is 0 Å². The van der Waals surface area contributed by atoms with Gasteiger partial charge in [-0.2, -0.15) is 5.10 Å². The Morgan fingerprint density at radius 1 is 1.35 bits per heavy atom. The van der Waals surface area contributed by atoms with Gasteiger partial charge >= 0.3 is 0 Å². The second-order valence-corrected chi connectivity index (χ2v) is 6.34. The molecule has 0 aliphatic carbocycles. The average Bonchev–Trinajstić information content (AvgIpc) is 2.80. The van der Waals surface area contributed by atoms with Gasteiger partial charge in [0.1, 0.15) is 0 Å². The summed E-state index contributed by atoms with van der Waals surface area (Å²) in [5, 5.41) is 8.09. The van der Waals surface area contributed by atoms with Gasteiger partial charge < -0.3 is 5.32 Å². The van der Waals surface area contributed by atoms with E-state index in [-0.39, 0.29) is 0 Å². The molecule has 1 fully saturated rings. The summed E-state index contributed by atoms with van der Waals surface area (Å²) in [5.74, 6) is 0.866. The summed E-state index contributed by atoms with van der Waals surface area (Å²) in [5.41, 5.74) is 2.58. The van der Waals surface area contributed by atoms with Crippen molar-refractivity contribution in [3.63, 3.8) is 0 Å². The van der Waals surface area contributed by atoms with Gasteiger partial charge in [-0.3, -0.25) is 9.58 Å². The molecule has 0 amide bonds. The second-order valence-electron chi connectivity index (χ2n) is 6.34. The van der Waals surface area contributed by atoms with Crippen molar-refractivity contribution in [2.75, 3.05) is 26.2 Å². The largest absolute Gasteiger partial charge is 0.317 e. The van der Waals surface area contributed by atoms with Gasteiger partial charge in [0.2, 0.25) is 0 Å². The van der Waals surface area contributed by atoms with Crippen molar-refractivity contribution in [3.8, 4) is 0 Å². The molecule has 20 heavy (non-hydrogen) atoms. The molecule has 1 N–H and O–H groups in total. The van der Waals surface area contributed by atoms with Crippen LogP contribution in [0.25, 0.3) is 0 Å². The number of nitrogens with zero attached hydrogens (tertiary/aromatic N) is 3. The van der Waals surface area contributed by atoms with Crippen molar-refractivity contribution in [2.24, 2.45) is 5.92 Å². The number of likely N-dealkylation sites (tertiary alicyclic amines) is 1. The first kappa shape index (κ1) is 15.5. The Labute approximate surface area is 123 Å². The maximum atomic E-state index is 4.61. The Kier molecular flexibility index (Phi) is 5.61. The fourth-order valence-electron chi connectivity index (χ4n) is 2.88. The minimum absolute atomic E-state index is 0.452. The summed E-state index contributed by atoms with van der Waals surface area (Å²) in [6.45, 7) is 14.5. The number of rotatable bonds is 6. The average molecular weight is 278 g/mol. The highest BCUT2D eigenvalue weighted by molar-refractivity contribution is 5.15. The van der Waals surface area contributed by atoms with E-state index in [2.05, 4.69) is 53.9 Å². The number of hydrogen-bond donors (Lipinski definition) is 1. The zero-order valence-electron chi connectivity index (χ0n) is 13.5. The molecule has 2 rings (SSSR count). The van der Waals surface area contributed by atoms with E-state index in [1.807, 2.05) is 0 Å². The molecule has 2 heterocycles. The molecular weight excluding hydrogens is 248 g/mol. The molecule has 114 valence electrons. The normalized spacial score (nSPS) is 18.1. The summed E-state index contributed by atoms with van der Waals surface area (Å²) in [6.07, 6.45) is 4.87. The first-order valence-corrected chi connectivity index (χ1v) is 8.07. The first-order valence-electron chi connectivity index (χ1n) is 8.07. The third-order valence-corrected chi connectivity index (χ3v) is 4.33. The second kappa shape index (κ2) is 7.23. The van der Waals surface area contributed by atoms with E-state index in [9.17, 15) is 0 Å². The zero-order chi connectivity index (χ0) is 14.5. The number of nitrogens with one attached hydrogen (secondary N) is 1. The lowest BCUT2D eigenvalue weighted by molar-refractivity contribution is 0.175. The van der Waals surface area contributed by atoms with Crippen LogP contribution in [0.1, 0.15) is 50.9 Å². The van der Waals surface area contributed by atoms with E-state index in [1.165, 1.54) is 43.7 Å². The Bertz CT molecular complexity index is 403. The molecule has 0 spiro atoms. The van der Waals surface area contributed by atoms with Gasteiger partial charge in [0.25, 0.3) is 0 Å². The Hall–Kier alpha value is -0.870.